The predicted octanol–water partition coefficient (Wildman–Crippen LogP) is 3.56. The second kappa shape index (κ2) is 4.59. The van der Waals surface area contributed by atoms with E-state index in [1.54, 1.807) is 7.11 Å². The zero-order valence-electron chi connectivity index (χ0n) is 11.5. The summed E-state index contributed by atoms with van der Waals surface area (Å²) in [5.41, 5.74) is 4.90. The molecule has 0 unspecified atom stereocenters. The molecule has 0 fully saturated rings. The minimum Gasteiger partial charge on any atom is -0.497 e. The topological polar surface area (TPSA) is 39.4 Å². The molecule has 2 heterocycles. The van der Waals surface area contributed by atoms with E-state index in [1.807, 2.05) is 48.9 Å². The van der Waals surface area contributed by atoms with Gasteiger partial charge in [0.2, 0.25) is 0 Å². The van der Waals surface area contributed by atoms with Crippen LogP contribution in [0.25, 0.3) is 27.8 Å². The third kappa shape index (κ3) is 1.84. The Labute approximate surface area is 121 Å². The van der Waals surface area contributed by atoms with Gasteiger partial charge in [0.1, 0.15) is 5.75 Å². The third-order valence-corrected chi connectivity index (χ3v) is 3.60. The normalized spacial score (nSPS) is 11.1. The first kappa shape index (κ1) is 11.9. The third-order valence-electron chi connectivity index (χ3n) is 3.60. The van der Waals surface area contributed by atoms with Crippen LogP contribution in [0.1, 0.15) is 0 Å². The summed E-state index contributed by atoms with van der Waals surface area (Å²) >= 11 is 0. The highest BCUT2D eigenvalue weighted by atomic mass is 16.5. The molecular weight excluding hydrogens is 262 g/mol. The van der Waals surface area contributed by atoms with Crippen LogP contribution in [-0.4, -0.2) is 21.5 Å². The second-order valence-corrected chi connectivity index (χ2v) is 4.83. The molecule has 0 radical (unpaired) electrons. The number of methoxy groups -OCH3 is 1. The van der Waals surface area contributed by atoms with Crippen LogP contribution in [0.4, 0.5) is 0 Å². The number of imidazole rings is 1. The van der Waals surface area contributed by atoms with Crippen LogP contribution in [0.3, 0.4) is 0 Å². The summed E-state index contributed by atoms with van der Waals surface area (Å²) < 4.78 is 7.36. The number of benzene rings is 2. The van der Waals surface area contributed by atoms with E-state index >= 15 is 0 Å². The quantitative estimate of drug-likeness (QED) is 0.561. The van der Waals surface area contributed by atoms with Crippen molar-refractivity contribution in [2.75, 3.05) is 7.11 Å². The molecule has 0 amide bonds. The number of rotatable bonds is 2. The molecule has 0 aliphatic carbocycles. The van der Waals surface area contributed by atoms with Crippen LogP contribution in [0.15, 0.2) is 61.1 Å². The fourth-order valence-electron chi connectivity index (χ4n) is 2.57. The van der Waals surface area contributed by atoms with Gasteiger partial charge < -0.3 is 4.74 Å². The van der Waals surface area contributed by atoms with Gasteiger partial charge in [-0.1, -0.05) is 30.3 Å². The lowest BCUT2D eigenvalue weighted by molar-refractivity contribution is 0.415. The van der Waals surface area contributed by atoms with Gasteiger partial charge in [0.15, 0.2) is 0 Å². The monoisotopic (exact) mass is 275 g/mol. The van der Waals surface area contributed by atoms with Gasteiger partial charge in [-0.15, -0.1) is 0 Å². The number of nitrogens with zero attached hydrogens (tertiary/aromatic N) is 3. The molecule has 2 aromatic heterocycles. The van der Waals surface area contributed by atoms with E-state index in [9.17, 15) is 0 Å². The lowest BCUT2D eigenvalue weighted by atomic mass is 10.1. The van der Waals surface area contributed by atoms with Crippen molar-refractivity contribution in [1.29, 1.82) is 0 Å². The maximum Gasteiger partial charge on any atom is 0.121 e. The smallest absolute Gasteiger partial charge is 0.121 e. The summed E-state index contributed by atoms with van der Waals surface area (Å²) in [6.07, 6.45) is 3.66. The molecule has 4 rings (SSSR count). The molecule has 4 heteroatoms. The van der Waals surface area contributed by atoms with Crippen molar-refractivity contribution >= 4 is 16.6 Å². The Morgan fingerprint density at radius 3 is 2.67 bits per heavy atom. The lowest BCUT2D eigenvalue weighted by Gasteiger charge is -2.09. The van der Waals surface area contributed by atoms with Gasteiger partial charge in [0.25, 0.3) is 0 Å². The molecule has 0 spiro atoms. The number of fused-ring (bicyclic) bond motifs is 3. The average Bonchev–Trinajstić information content (AvgIpc) is 3.04. The largest absolute Gasteiger partial charge is 0.497 e. The van der Waals surface area contributed by atoms with Gasteiger partial charge in [-0.2, -0.15) is 0 Å². The van der Waals surface area contributed by atoms with Crippen LogP contribution in [0.5, 0.6) is 5.75 Å². The fraction of sp³-hybridized carbons (Fsp3) is 0.0588. The van der Waals surface area contributed by atoms with Crippen molar-refractivity contribution in [1.82, 2.24) is 14.4 Å². The number of hydrogen-bond donors (Lipinski definition) is 0. The van der Waals surface area contributed by atoms with Gasteiger partial charge in [0, 0.05) is 11.6 Å². The van der Waals surface area contributed by atoms with Crippen molar-refractivity contribution < 1.29 is 4.74 Å². The minimum atomic E-state index is 0.800. The summed E-state index contributed by atoms with van der Waals surface area (Å²) in [4.78, 5) is 9.09. The van der Waals surface area contributed by atoms with Crippen LogP contribution >= 0.6 is 0 Å². The molecule has 0 saturated carbocycles. The van der Waals surface area contributed by atoms with E-state index in [2.05, 4.69) is 21.5 Å². The molecule has 0 aliphatic rings. The molecule has 0 atom stereocenters. The SMILES string of the molecule is COc1ccc2c(c1)nc(-c1ccccc1)c1cncn12. The van der Waals surface area contributed by atoms with E-state index < -0.39 is 0 Å². The summed E-state index contributed by atoms with van der Waals surface area (Å²) in [5, 5.41) is 0. The van der Waals surface area contributed by atoms with Gasteiger partial charge in [-0.05, 0) is 12.1 Å². The van der Waals surface area contributed by atoms with Gasteiger partial charge in [-0.25, -0.2) is 9.97 Å². The molecule has 0 aliphatic heterocycles. The van der Waals surface area contributed by atoms with Crippen molar-refractivity contribution in [3.63, 3.8) is 0 Å². The average molecular weight is 275 g/mol. The first-order valence-electron chi connectivity index (χ1n) is 6.72. The van der Waals surface area contributed by atoms with Gasteiger partial charge in [-0.3, -0.25) is 4.40 Å². The summed E-state index contributed by atoms with van der Waals surface area (Å²) in [5.74, 6) is 0.800. The Kier molecular flexibility index (Phi) is 2.60. The summed E-state index contributed by atoms with van der Waals surface area (Å²) in [6.45, 7) is 0. The first-order chi connectivity index (χ1) is 10.4. The standard InChI is InChI=1S/C17H13N3O/c1-21-13-7-8-15-14(9-13)19-17(12-5-3-2-4-6-12)16-10-18-11-20(15)16/h2-11H,1H3. The highest BCUT2D eigenvalue weighted by Crippen LogP contribution is 2.28. The molecule has 2 aromatic carbocycles. The van der Waals surface area contributed by atoms with Crippen LogP contribution in [-0.2, 0) is 0 Å². The molecule has 0 N–H and O–H groups in total. The van der Waals surface area contributed by atoms with Crippen LogP contribution in [0.2, 0.25) is 0 Å². The van der Waals surface area contributed by atoms with Crippen molar-refractivity contribution in [3.8, 4) is 17.0 Å². The summed E-state index contributed by atoms with van der Waals surface area (Å²) in [6, 6.07) is 16.0. The zero-order valence-corrected chi connectivity index (χ0v) is 11.5. The molecule has 4 nitrogen and oxygen atoms in total. The molecule has 0 bridgehead atoms. The molecule has 102 valence electrons. The Hall–Kier alpha value is -2.88. The molecule has 0 saturated heterocycles. The predicted molar refractivity (Wildman–Crippen MR) is 82.5 cm³/mol. The Balaban J connectivity index is 2.11. The first-order valence-corrected chi connectivity index (χ1v) is 6.72. The lowest BCUT2D eigenvalue weighted by Crippen LogP contribution is -1.95. The number of ether oxygens (including phenoxy) is 1. The highest BCUT2D eigenvalue weighted by molar-refractivity contribution is 5.87. The van der Waals surface area contributed by atoms with E-state index in [1.165, 1.54) is 0 Å². The van der Waals surface area contributed by atoms with Crippen LogP contribution in [0, 0.1) is 0 Å². The van der Waals surface area contributed by atoms with E-state index in [4.69, 9.17) is 9.72 Å². The Morgan fingerprint density at radius 2 is 1.86 bits per heavy atom. The fourth-order valence-corrected chi connectivity index (χ4v) is 2.57. The second-order valence-electron chi connectivity index (χ2n) is 4.83. The Morgan fingerprint density at radius 1 is 1.00 bits per heavy atom. The van der Waals surface area contributed by atoms with E-state index in [0.29, 0.717) is 0 Å². The van der Waals surface area contributed by atoms with Crippen LogP contribution < -0.4 is 4.74 Å². The van der Waals surface area contributed by atoms with Gasteiger partial charge in [0.05, 0.1) is 41.9 Å². The minimum absolute atomic E-state index is 0.800. The molecule has 4 aromatic rings. The van der Waals surface area contributed by atoms with Crippen molar-refractivity contribution in [3.05, 3.63) is 61.1 Å². The van der Waals surface area contributed by atoms with E-state index in [0.717, 1.165) is 33.6 Å². The van der Waals surface area contributed by atoms with Gasteiger partial charge >= 0.3 is 0 Å². The van der Waals surface area contributed by atoms with Crippen molar-refractivity contribution in [2.24, 2.45) is 0 Å². The zero-order chi connectivity index (χ0) is 14.2. The molecule has 21 heavy (non-hydrogen) atoms. The maximum atomic E-state index is 5.30. The van der Waals surface area contributed by atoms with Crippen molar-refractivity contribution in [2.45, 2.75) is 0 Å². The number of hydrogen-bond acceptors (Lipinski definition) is 3. The molecular formula is C17H13N3O. The summed E-state index contributed by atoms with van der Waals surface area (Å²) in [7, 11) is 1.66. The van der Waals surface area contributed by atoms with E-state index in [-0.39, 0.29) is 0 Å². The number of aromatic nitrogens is 3. The Bertz CT molecular complexity index is 929. The highest BCUT2D eigenvalue weighted by Gasteiger charge is 2.10. The maximum absolute atomic E-state index is 5.30.